The van der Waals surface area contributed by atoms with Crippen molar-refractivity contribution in [2.75, 3.05) is 11.9 Å². The van der Waals surface area contributed by atoms with E-state index in [0.29, 0.717) is 11.5 Å². The first-order chi connectivity index (χ1) is 9.62. The van der Waals surface area contributed by atoms with Gasteiger partial charge in [0, 0.05) is 19.7 Å². The SMILES string of the molecule is CCc1ccc(CN(C)c2cc(C#N)nc(C)n2)cc1. The van der Waals surface area contributed by atoms with Gasteiger partial charge in [0.2, 0.25) is 0 Å². The van der Waals surface area contributed by atoms with E-state index in [1.54, 1.807) is 13.0 Å². The zero-order valence-electron chi connectivity index (χ0n) is 12.1. The van der Waals surface area contributed by atoms with Gasteiger partial charge in [0.15, 0.2) is 0 Å². The lowest BCUT2D eigenvalue weighted by molar-refractivity contribution is 0.875. The Morgan fingerprint density at radius 3 is 2.40 bits per heavy atom. The molecule has 0 spiro atoms. The predicted octanol–water partition coefficient (Wildman–Crippen LogP) is 2.86. The number of aromatic nitrogens is 2. The van der Waals surface area contributed by atoms with Crippen molar-refractivity contribution >= 4 is 5.82 Å². The molecule has 0 radical (unpaired) electrons. The van der Waals surface area contributed by atoms with Gasteiger partial charge in [-0.3, -0.25) is 0 Å². The highest BCUT2D eigenvalue weighted by atomic mass is 15.2. The quantitative estimate of drug-likeness (QED) is 0.854. The molecule has 102 valence electrons. The molecule has 20 heavy (non-hydrogen) atoms. The molecule has 0 aliphatic heterocycles. The van der Waals surface area contributed by atoms with Crippen LogP contribution in [-0.2, 0) is 13.0 Å². The molecule has 2 aromatic rings. The molecule has 1 aromatic heterocycles. The van der Waals surface area contributed by atoms with Crippen molar-refractivity contribution in [2.24, 2.45) is 0 Å². The Bertz CT molecular complexity index is 626. The summed E-state index contributed by atoms with van der Waals surface area (Å²) in [5, 5.41) is 8.96. The fourth-order valence-corrected chi connectivity index (χ4v) is 2.04. The van der Waals surface area contributed by atoms with Crippen LogP contribution in [0.5, 0.6) is 0 Å². The monoisotopic (exact) mass is 266 g/mol. The molecule has 0 saturated heterocycles. The third-order valence-electron chi connectivity index (χ3n) is 3.18. The lowest BCUT2D eigenvalue weighted by atomic mass is 10.1. The molecule has 1 aromatic carbocycles. The van der Waals surface area contributed by atoms with Gasteiger partial charge in [-0.1, -0.05) is 31.2 Å². The van der Waals surface area contributed by atoms with Crippen LogP contribution in [0, 0.1) is 18.3 Å². The third-order valence-corrected chi connectivity index (χ3v) is 3.18. The molecule has 0 fully saturated rings. The van der Waals surface area contributed by atoms with Gasteiger partial charge in [-0.25, -0.2) is 9.97 Å². The molecule has 0 atom stereocenters. The zero-order valence-corrected chi connectivity index (χ0v) is 12.1. The number of rotatable bonds is 4. The normalized spacial score (nSPS) is 10.1. The van der Waals surface area contributed by atoms with E-state index < -0.39 is 0 Å². The van der Waals surface area contributed by atoms with Crippen LogP contribution in [-0.4, -0.2) is 17.0 Å². The van der Waals surface area contributed by atoms with E-state index in [-0.39, 0.29) is 0 Å². The molecule has 0 saturated carbocycles. The van der Waals surface area contributed by atoms with Crippen molar-refractivity contribution in [3.05, 3.63) is 53.0 Å². The number of anilines is 1. The minimum atomic E-state index is 0.403. The van der Waals surface area contributed by atoms with Gasteiger partial charge in [0.05, 0.1) is 0 Å². The zero-order chi connectivity index (χ0) is 14.5. The minimum absolute atomic E-state index is 0.403. The van der Waals surface area contributed by atoms with Gasteiger partial charge >= 0.3 is 0 Å². The Kier molecular flexibility index (Phi) is 4.31. The standard InChI is InChI=1S/C16H18N4/c1-4-13-5-7-14(8-6-13)11-20(3)16-9-15(10-17)18-12(2)19-16/h5-9H,4,11H2,1-3H3. The molecule has 4 heteroatoms. The van der Waals surface area contributed by atoms with Crippen molar-refractivity contribution in [2.45, 2.75) is 26.8 Å². The molecule has 0 aliphatic carbocycles. The van der Waals surface area contributed by atoms with Crippen LogP contribution in [0.3, 0.4) is 0 Å². The van der Waals surface area contributed by atoms with Gasteiger partial charge in [0.1, 0.15) is 23.4 Å². The number of nitrogens with zero attached hydrogens (tertiary/aromatic N) is 4. The van der Waals surface area contributed by atoms with E-state index in [2.05, 4.69) is 47.2 Å². The molecule has 2 rings (SSSR count). The molecule has 4 nitrogen and oxygen atoms in total. The maximum absolute atomic E-state index is 8.96. The average molecular weight is 266 g/mol. The third kappa shape index (κ3) is 3.33. The van der Waals surface area contributed by atoms with Crippen LogP contribution < -0.4 is 4.90 Å². The lowest BCUT2D eigenvalue weighted by Crippen LogP contribution is -2.18. The van der Waals surface area contributed by atoms with Gasteiger partial charge in [0.25, 0.3) is 0 Å². The van der Waals surface area contributed by atoms with Gasteiger partial charge in [-0.2, -0.15) is 5.26 Å². The van der Waals surface area contributed by atoms with E-state index in [0.717, 1.165) is 18.8 Å². The smallest absolute Gasteiger partial charge is 0.146 e. The van der Waals surface area contributed by atoms with Crippen LogP contribution in [0.1, 0.15) is 29.6 Å². The topological polar surface area (TPSA) is 52.8 Å². The predicted molar refractivity (Wildman–Crippen MR) is 79.4 cm³/mol. The highest BCUT2D eigenvalue weighted by molar-refractivity contribution is 5.43. The van der Waals surface area contributed by atoms with E-state index in [4.69, 9.17) is 5.26 Å². The van der Waals surface area contributed by atoms with Gasteiger partial charge < -0.3 is 4.90 Å². The van der Waals surface area contributed by atoms with Crippen LogP contribution in [0.2, 0.25) is 0 Å². The lowest BCUT2D eigenvalue weighted by Gasteiger charge is -2.18. The number of nitriles is 1. The van der Waals surface area contributed by atoms with Crippen molar-refractivity contribution in [3.8, 4) is 6.07 Å². The highest BCUT2D eigenvalue weighted by Gasteiger charge is 2.07. The van der Waals surface area contributed by atoms with Crippen molar-refractivity contribution in [1.29, 1.82) is 5.26 Å². The van der Waals surface area contributed by atoms with Gasteiger partial charge in [-0.05, 0) is 24.5 Å². The first-order valence-electron chi connectivity index (χ1n) is 6.67. The van der Waals surface area contributed by atoms with E-state index in [9.17, 15) is 0 Å². The van der Waals surface area contributed by atoms with E-state index in [1.165, 1.54) is 11.1 Å². The number of aryl methyl sites for hydroxylation is 2. The molecular weight excluding hydrogens is 248 g/mol. The molecule has 0 unspecified atom stereocenters. The van der Waals surface area contributed by atoms with Crippen molar-refractivity contribution in [3.63, 3.8) is 0 Å². The van der Waals surface area contributed by atoms with Crippen molar-refractivity contribution < 1.29 is 0 Å². The summed E-state index contributed by atoms with van der Waals surface area (Å²) in [5.41, 5.74) is 2.96. The van der Waals surface area contributed by atoms with Crippen molar-refractivity contribution in [1.82, 2.24) is 9.97 Å². The maximum Gasteiger partial charge on any atom is 0.146 e. The Morgan fingerprint density at radius 2 is 1.80 bits per heavy atom. The second kappa shape index (κ2) is 6.16. The summed E-state index contributed by atoms with van der Waals surface area (Å²) in [6.07, 6.45) is 1.05. The van der Waals surface area contributed by atoms with Crippen LogP contribution >= 0.6 is 0 Å². The summed E-state index contributed by atoms with van der Waals surface area (Å²) >= 11 is 0. The summed E-state index contributed by atoms with van der Waals surface area (Å²) in [6, 6.07) is 12.3. The summed E-state index contributed by atoms with van der Waals surface area (Å²) in [4.78, 5) is 10.5. The van der Waals surface area contributed by atoms with E-state index >= 15 is 0 Å². The number of hydrogen-bond acceptors (Lipinski definition) is 4. The second-order valence-electron chi connectivity index (χ2n) is 4.80. The first-order valence-corrected chi connectivity index (χ1v) is 6.67. The van der Waals surface area contributed by atoms with Crippen LogP contribution in [0.25, 0.3) is 0 Å². The second-order valence-corrected chi connectivity index (χ2v) is 4.80. The fourth-order valence-electron chi connectivity index (χ4n) is 2.04. The summed E-state index contributed by atoms with van der Waals surface area (Å²) < 4.78 is 0. The molecule has 1 heterocycles. The van der Waals surface area contributed by atoms with Crippen LogP contribution in [0.4, 0.5) is 5.82 Å². The van der Waals surface area contributed by atoms with Gasteiger partial charge in [-0.15, -0.1) is 0 Å². The highest BCUT2D eigenvalue weighted by Crippen LogP contribution is 2.14. The van der Waals surface area contributed by atoms with E-state index in [1.807, 2.05) is 11.9 Å². The Morgan fingerprint density at radius 1 is 1.15 bits per heavy atom. The Balaban J connectivity index is 2.16. The summed E-state index contributed by atoms with van der Waals surface area (Å²) in [5.74, 6) is 1.39. The van der Waals surface area contributed by atoms with Crippen LogP contribution in [0.15, 0.2) is 30.3 Å². The maximum atomic E-state index is 8.96. The molecule has 0 N–H and O–H groups in total. The largest absolute Gasteiger partial charge is 0.355 e. The molecule has 0 bridgehead atoms. The number of benzene rings is 1. The Hall–Kier alpha value is -2.41. The fraction of sp³-hybridized carbons (Fsp3) is 0.312. The number of hydrogen-bond donors (Lipinski definition) is 0. The molecule has 0 amide bonds. The first kappa shape index (κ1) is 14.0. The Labute approximate surface area is 119 Å². The molecular formula is C16H18N4. The minimum Gasteiger partial charge on any atom is -0.355 e. The summed E-state index contributed by atoms with van der Waals surface area (Å²) in [7, 11) is 1.97. The summed E-state index contributed by atoms with van der Waals surface area (Å²) in [6.45, 7) is 4.70. The molecule has 0 aliphatic rings. The average Bonchev–Trinajstić information content (AvgIpc) is 2.47.